The predicted octanol–water partition coefficient (Wildman–Crippen LogP) is 5.14. The topological polar surface area (TPSA) is 61.0 Å². The van der Waals surface area contributed by atoms with Crippen LogP contribution < -0.4 is 10.2 Å². The highest BCUT2D eigenvalue weighted by molar-refractivity contribution is 5.92. The molecule has 1 aromatic heterocycles. The van der Waals surface area contributed by atoms with Gasteiger partial charge in [-0.3, -0.25) is 4.90 Å². The second-order valence-electron chi connectivity index (χ2n) is 7.59. The van der Waals surface area contributed by atoms with Crippen LogP contribution >= 0.6 is 0 Å². The van der Waals surface area contributed by atoms with Crippen molar-refractivity contribution in [1.82, 2.24) is 15.3 Å². The van der Waals surface area contributed by atoms with Crippen molar-refractivity contribution in [3.63, 3.8) is 0 Å². The molecule has 0 atom stereocenters. The number of aryl methyl sites for hydroxylation is 2. The third-order valence-electron chi connectivity index (χ3n) is 5.10. The van der Waals surface area contributed by atoms with Crippen LogP contribution in [0, 0.1) is 13.8 Å². The van der Waals surface area contributed by atoms with E-state index >= 15 is 0 Å². The Kier molecular flexibility index (Phi) is 5.80. The van der Waals surface area contributed by atoms with Crippen LogP contribution in [0.25, 0.3) is 11.0 Å². The number of fused-ring (bicyclic) bond motifs is 1. The molecule has 5 heteroatoms. The highest BCUT2D eigenvalue weighted by Crippen LogP contribution is 2.19. The first-order chi connectivity index (χ1) is 14.6. The monoisotopic (exact) mass is 398 g/mol. The highest BCUT2D eigenvalue weighted by Gasteiger charge is 2.16. The summed E-state index contributed by atoms with van der Waals surface area (Å²) in [4.78, 5) is 22.7. The van der Waals surface area contributed by atoms with Gasteiger partial charge in [0.1, 0.15) is 5.82 Å². The average Bonchev–Trinajstić information content (AvgIpc) is 3.16. The molecule has 152 valence electrons. The van der Waals surface area contributed by atoms with Gasteiger partial charge in [-0.25, -0.2) is 9.78 Å². The number of carbonyl (C=O) groups is 1. The van der Waals surface area contributed by atoms with E-state index in [4.69, 9.17) is 0 Å². The Morgan fingerprint density at radius 2 is 1.77 bits per heavy atom. The summed E-state index contributed by atoms with van der Waals surface area (Å²) in [6.07, 6.45) is 0.645. The smallest absolute Gasteiger partial charge is 0.322 e. The number of imidazole rings is 1. The standard InChI is InChI=1S/C25H26N4O/c1-18-10-12-20(13-11-18)17-29(21-7-5-6-19(2)16-21)25(30)26-15-14-24-27-22-8-3-4-9-23(22)28-24/h3-13,16H,14-15,17H2,1-2H3,(H,26,30)(H,27,28). The molecule has 0 saturated carbocycles. The summed E-state index contributed by atoms with van der Waals surface area (Å²) in [5.74, 6) is 0.872. The number of urea groups is 1. The van der Waals surface area contributed by atoms with Gasteiger partial charge in [0.05, 0.1) is 17.6 Å². The number of amides is 2. The number of H-pyrrole nitrogens is 1. The van der Waals surface area contributed by atoms with E-state index in [1.54, 1.807) is 4.90 Å². The van der Waals surface area contributed by atoms with Gasteiger partial charge in [0.25, 0.3) is 0 Å². The lowest BCUT2D eigenvalue weighted by Crippen LogP contribution is -2.40. The highest BCUT2D eigenvalue weighted by atomic mass is 16.2. The zero-order valence-corrected chi connectivity index (χ0v) is 17.4. The lowest BCUT2D eigenvalue weighted by atomic mass is 10.1. The second kappa shape index (κ2) is 8.82. The van der Waals surface area contributed by atoms with Crippen molar-refractivity contribution in [3.8, 4) is 0 Å². The SMILES string of the molecule is Cc1ccc(CN(C(=O)NCCc2nc3ccccc3[nH]2)c2cccc(C)c2)cc1. The van der Waals surface area contributed by atoms with Gasteiger partial charge in [-0.1, -0.05) is 54.1 Å². The summed E-state index contributed by atoms with van der Waals surface area (Å²) in [5, 5.41) is 3.05. The number of nitrogens with zero attached hydrogens (tertiary/aromatic N) is 2. The molecule has 0 aliphatic heterocycles. The minimum atomic E-state index is -0.114. The first-order valence-electron chi connectivity index (χ1n) is 10.2. The summed E-state index contributed by atoms with van der Waals surface area (Å²) in [7, 11) is 0. The average molecular weight is 399 g/mol. The third kappa shape index (κ3) is 4.69. The molecule has 0 aliphatic rings. The Labute approximate surface area is 176 Å². The predicted molar refractivity (Wildman–Crippen MR) is 122 cm³/mol. The first kappa shape index (κ1) is 19.7. The second-order valence-corrected chi connectivity index (χ2v) is 7.59. The van der Waals surface area contributed by atoms with E-state index in [9.17, 15) is 4.79 Å². The van der Waals surface area contributed by atoms with Gasteiger partial charge in [0.15, 0.2) is 0 Å². The van der Waals surface area contributed by atoms with E-state index in [0.29, 0.717) is 19.5 Å². The van der Waals surface area contributed by atoms with Gasteiger partial charge in [-0.05, 0) is 49.2 Å². The van der Waals surface area contributed by atoms with Gasteiger partial charge >= 0.3 is 6.03 Å². The van der Waals surface area contributed by atoms with Crippen LogP contribution in [0.15, 0.2) is 72.8 Å². The van der Waals surface area contributed by atoms with Gasteiger partial charge in [0, 0.05) is 18.7 Å². The van der Waals surface area contributed by atoms with Crippen LogP contribution in [0.3, 0.4) is 0 Å². The molecule has 4 aromatic rings. The molecule has 0 radical (unpaired) electrons. The lowest BCUT2D eigenvalue weighted by Gasteiger charge is -2.24. The molecule has 2 amide bonds. The molecule has 3 aromatic carbocycles. The van der Waals surface area contributed by atoms with Crippen molar-refractivity contribution in [2.45, 2.75) is 26.8 Å². The minimum Gasteiger partial charge on any atom is -0.342 e. The van der Waals surface area contributed by atoms with Crippen molar-refractivity contribution in [2.75, 3.05) is 11.4 Å². The van der Waals surface area contributed by atoms with Crippen LogP contribution in [0.4, 0.5) is 10.5 Å². The molecular weight excluding hydrogens is 372 g/mol. The summed E-state index contributed by atoms with van der Waals surface area (Å²) < 4.78 is 0. The molecule has 0 unspecified atom stereocenters. The number of anilines is 1. The summed E-state index contributed by atoms with van der Waals surface area (Å²) in [6.45, 7) is 5.12. The third-order valence-corrected chi connectivity index (χ3v) is 5.10. The Balaban J connectivity index is 1.46. The molecule has 1 heterocycles. The Morgan fingerprint density at radius 1 is 0.967 bits per heavy atom. The molecule has 0 spiro atoms. The summed E-state index contributed by atoms with van der Waals surface area (Å²) in [5.41, 5.74) is 6.26. The van der Waals surface area contributed by atoms with Crippen molar-refractivity contribution in [2.24, 2.45) is 0 Å². The molecule has 0 fully saturated rings. The summed E-state index contributed by atoms with van der Waals surface area (Å²) in [6, 6.07) is 24.1. The van der Waals surface area contributed by atoms with E-state index in [2.05, 4.69) is 46.5 Å². The number of rotatable bonds is 6. The van der Waals surface area contributed by atoms with Gasteiger partial charge in [0.2, 0.25) is 0 Å². The van der Waals surface area contributed by atoms with E-state index in [1.165, 1.54) is 5.56 Å². The number of aromatic amines is 1. The zero-order valence-electron chi connectivity index (χ0n) is 17.4. The Bertz CT molecular complexity index is 1110. The largest absolute Gasteiger partial charge is 0.342 e. The molecular formula is C25H26N4O. The van der Waals surface area contributed by atoms with E-state index < -0.39 is 0 Å². The maximum absolute atomic E-state index is 13.1. The lowest BCUT2D eigenvalue weighted by molar-refractivity contribution is 0.246. The van der Waals surface area contributed by atoms with E-state index in [0.717, 1.165) is 33.7 Å². The van der Waals surface area contributed by atoms with Crippen molar-refractivity contribution >= 4 is 22.8 Å². The first-order valence-corrected chi connectivity index (χ1v) is 10.2. The van der Waals surface area contributed by atoms with Crippen molar-refractivity contribution < 1.29 is 4.79 Å². The van der Waals surface area contributed by atoms with Crippen LogP contribution in [0.1, 0.15) is 22.5 Å². The zero-order chi connectivity index (χ0) is 20.9. The van der Waals surface area contributed by atoms with Gasteiger partial charge < -0.3 is 10.3 Å². The fourth-order valence-electron chi connectivity index (χ4n) is 3.46. The maximum atomic E-state index is 13.1. The number of aromatic nitrogens is 2. The maximum Gasteiger partial charge on any atom is 0.322 e. The Morgan fingerprint density at radius 3 is 2.53 bits per heavy atom. The number of nitrogens with one attached hydrogen (secondary N) is 2. The van der Waals surface area contributed by atoms with Gasteiger partial charge in [-0.15, -0.1) is 0 Å². The molecule has 0 aliphatic carbocycles. The number of para-hydroxylation sites is 2. The number of hydrogen-bond acceptors (Lipinski definition) is 2. The molecule has 0 bridgehead atoms. The normalized spacial score (nSPS) is 10.9. The number of benzene rings is 3. The minimum absolute atomic E-state index is 0.114. The Hall–Kier alpha value is -3.60. The quantitative estimate of drug-likeness (QED) is 0.472. The number of carbonyl (C=O) groups excluding carboxylic acids is 1. The molecule has 2 N–H and O–H groups in total. The molecule has 30 heavy (non-hydrogen) atoms. The van der Waals surface area contributed by atoms with Crippen LogP contribution in [0.2, 0.25) is 0 Å². The van der Waals surface area contributed by atoms with Crippen LogP contribution in [-0.4, -0.2) is 22.5 Å². The number of hydrogen-bond donors (Lipinski definition) is 2. The van der Waals surface area contributed by atoms with Gasteiger partial charge in [-0.2, -0.15) is 0 Å². The molecule has 4 rings (SSSR count). The van der Waals surface area contributed by atoms with Crippen molar-refractivity contribution in [1.29, 1.82) is 0 Å². The van der Waals surface area contributed by atoms with Crippen LogP contribution in [0.5, 0.6) is 0 Å². The summed E-state index contributed by atoms with van der Waals surface area (Å²) >= 11 is 0. The van der Waals surface area contributed by atoms with Crippen molar-refractivity contribution in [3.05, 3.63) is 95.3 Å². The van der Waals surface area contributed by atoms with E-state index in [-0.39, 0.29) is 6.03 Å². The fraction of sp³-hybridized carbons (Fsp3) is 0.200. The molecule has 0 saturated heterocycles. The van der Waals surface area contributed by atoms with E-state index in [1.807, 2.05) is 55.5 Å². The van der Waals surface area contributed by atoms with Crippen LogP contribution in [-0.2, 0) is 13.0 Å². The molecule has 5 nitrogen and oxygen atoms in total. The fourth-order valence-corrected chi connectivity index (χ4v) is 3.46.